The number of nitrogens with zero attached hydrogens (tertiary/aromatic N) is 1. The van der Waals surface area contributed by atoms with Crippen LogP contribution in [0.3, 0.4) is 0 Å². The predicted octanol–water partition coefficient (Wildman–Crippen LogP) is 4.26. The lowest BCUT2D eigenvalue weighted by Crippen LogP contribution is -2.23. The Morgan fingerprint density at radius 3 is 2.65 bits per heavy atom. The molecule has 0 unspecified atom stereocenters. The molecule has 0 radical (unpaired) electrons. The van der Waals surface area contributed by atoms with Crippen LogP contribution in [0.5, 0.6) is 11.5 Å². The maximum atomic E-state index is 12.4. The van der Waals surface area contributed by atoms with Crippen LogP contribution in [0.25, 0.3) is 6.08 Å². The van der Waals surface area contributed by atoms with Crippen molar-refractivity contribution in [1.82, 2.24) is 4.90 Å². The van der Waals surface area contributed by atoms with Crippen molar-refractivity contribution in [3.05, 3.63) is 53.5 Å². The summed E-state index contributed by atoms with van der Waals surface area (Å²) in [6.45, 7) is 1.29. The molecule has 0 spiro atoms. The summed E-state index contributed by atoms with van der Waals surface area (Å²) in [6.07, 6.45) is 2.98. The Bertz CT molecular complexity index is 771. The largest absolute Gasteiger partial charge is 0.490 e. The standard InChI is InChI=1S/C19H21F2NO4/c1-4-24-17-11-14(6-9-16(17)26-19(20)21)7-10-18(23)22(3)12-15-8-5-13(2)25-15/h5-11,19H,4,12H2,1-3H3/b10-7-. The Morgan fingerprint density at radius 2 is 2.04 bits per heavy atom. The summed E-state index contributed by atoms with van der Waals surface area (Å²) in [5.41, 5.74) is 0.630. The first-order chi connectivity index (χ1) is 12.4. The van der Waals surface area contributed by atoms with Gasteiger partial charge in [-0.2, -0.15) is 8.78 Å². The van der Waals surface area contributed by atoms with E-state index in [9.17, 15) is 13.6 Å². The van der Waals surface area contributed by atoms with Crippen molar-refractivity contribution < 1.29 is 27.5 Å². The Hall–Kier alpha value is -2.83. The summed E-state index contributed by atoms with van der Waals surface area (Å²) >= 11 is 0. The van der Waals surface area contributed by atoms with Gasteiger partial charge in [0.05, 0.1) is 13.2 Å². The van der Waals surface area contributed by atoms with Crippen LogP contribution in [0.2, 0.25) is 0 Å². The predicted molar refractivity (Wildman–Crippen MR) is 93.2 cm³/mol. The van der Waals surface area contributed by atoms with Gasteiger partial charge in [-0.05, 0) is 49.8 Å². The average Bonchev–Trinajstić information content (AvgIpc) is 2.99. The number of carbonyl (C=O) groups excluding carboxylic acids is 1. The van der Waals surface area contributed by atoms with Crippen LogP contribution in [-0.2, 0) is 11.3 Å². The number of benzene rings is 1. The molecule has 1 aromatic carbocycles. The minimum Gasteiger partial charge on any atom is -0.490 e. The van der Waals surface area contributed by atoms with E-state index in [0.29, 0.717) is 24.5 Å². The van der Waals surface area contributed by atoms with E-state index in [4.69, 9.17) is 9.15 Å². The number of rotatable bonds is 8. The highest BCUT2D eigenvalue weighted by molar-refractivity contribution is 5.91. The first-order valence-electron chi connectivity index (χ1n) is 8.09. The number of hydrogen-bond donors (Lipinski definition) is 0. The molecule has 0 aliphatic carbocycles. The molecule has 2 aromatic rings. The number of furan rings is 1. The van der Waals surface area contributed by atoms with Gasteiger partial charge in [0.15, 0.2) is 11.5 Å². The molecule has 0 saturated carbocycles. The van der Waals surface area contributed by atoms with Crippen LogP contribution in [0.1, 0.15) is 24.0 Å². The smallest absolute Gasteiger partial charge is 0.387 e. The van der Waals surface area contributed by atoms with Crippen LogP contribution in [0, 0.1) is 6.92 Å². The lowest BCUT2D eigenvalue weighted by atomic mass is 10.2. The summed E-state index contributed by atoms with van der Waals surface area (Å²) < 4.78 is 40.0. The van der Waals surface area contributed by atoms with Crippen molar-refractivity contribution in [2.75, 3.05) is 13.7 Å². The number of halogens is 2. The van der Waals surface area contributed by atoms with Crippen molar-refractivity contribution in [2.24, 2.45) is 0 Å². The van der Waals surface area contributed by atoms with E-state index in [1.54, 1.807) is 32.2 Å². The summed E-state index contributed by atoms with van der Waals surface area (Å²) in [5.74, 6) is 1.41. The van der Waals surface area contributed by atoms with Crippen LogP contribution in [0.15, 0.2) is 40.8 Å². The molecule has 2 rings (SSSR count). The molecular weight excluding hydrogens is 344 g/mol. The number of ether oxygens (including phenoxy) is 2. The third-order valence-electron chi connectivity index (χ3n) is 3.47. The van der Waals surface area contributed by atoms with E-state index < -0.39 is 6.61 Å². The van der Waals surface area contributed by atoms with Gasteiger partial charge in [0.25, 0.3) is 0 Å². The van der Waals surface area contributed by atoms with E-state index in [1.165, 1.54) is 17.0 Å². The second kappa shape index (κ2) is 9.03. The molecule has 1 amide bonds. The molecular formula is C19H21F2NO4. The Kier molecular flexibility index (Phi) is 6.77. The molecule has 5 nitrogen and oxygen atoms in total. The maximum Gasteiger partial charge on any atom is 0.387 e. The first-order valence-corrected chi connectivity index (χ1v) is 8.09. The summed E-state index contributed by atoms with van der Waals surface area (Å²) in [5, 5.41) is 0. The number of amides is 1. The molecule has 1 heterocycles. The van der Waals surface area contributed by atoms with E-state index in [1.807, 2.05) is 19.1 Å². The highest BCUT2D eigenvalue weighted by atomic mass is 19.3. The minimum atomic E-state index is -2.93. The zero-order valence-corrected chi connectivity index (χ0v) is 14.9. The van der Waals surface area contributed by atoms with Crippen LogP contribution in [0.4, 0.5) is 8.78 Å². The molecule has 0 N–H and O–H groups in total. The lowest BCUT2D eigenvalue weighted by molar-refractivity contribution is -0.125. The Balaban J connectivity index is 2.05. The zero-order chi connectivity index (χ0) is 19.1. The quantitative estimate of drug-likeness (QED) is 0.656. The highest BCUT2D eigenvalue weighted by Crippen LogP contribution is 2.30. The van der Waals surface area contributed by atoms with Gasteiger partial charge in [-0.3, -0.25) is 4.79 Å². The van der Waals surface area contributed by atoms with E-state index in [0.717, 1.165) is 5.76 Å². The molecule has 1 aromatic heterocycles. The fraction of sp³-hybridized carbons (Fsp3) is 0.316. The van der Waals surface area contributed by atoms with E-state index in [-0.39, 0.29) is 17.4 Å². The van der Waals surface area contributed by atoms with Crippen LogP contribution in [-0.4, -0.2) is 31.1 Å². The van der Waals surface area contributed by atoms with Gasteiger partial charge in [-0.15, -0.1) is 0 Å². The third-order valence-corrected chi connectivity index (χ3v) is 3.47. The first kappa shape index (κ1) is 19.5. The Morgan fingerprint density at radius 1 is 1.27 bits per heavy atom. The molecule has 140 valence electrons. The molecule has 0 saturated heterocycles. The van der Waals surface area contributed by atoms with Crippen LogP contribution >= 0.6 is 0 Å². The van der Waals surface area contributed by atoms with Gasteiger partial charge in [0.1, 0.15) is 11.5 Å². The van der Waals surface area contributed by atoms with Crippen molar-refractivity contribution in [2.45, 2.75) is 27.0 Å². The van der Waals surface area contributed by atoms with Crippen molar-refractivity contribution in [3.63, 3.8) is 0 Å². The summed E-state index contributed by atoms with van der Waals surface area (Å²) in [7, 11) is 1.66. The maximum absolute atomic E-state index is 12.4. The van der Waals surface area contributed by atoms with Gasteiger partial charge < -0.3 is 18.8 Å². The SMILES string of the molecule is CCOc1cc(/C=C\C(=O)N(C)Cc2ccc(C)o2)ccc1OC(F)F. The fourth-order valence-corrected chi connectivity index (χ4v) is 2.27. The number of hydrogen-bond acceptors (Lipinski definition) is 4. The number of likely N-dealkylation sites (N-methyl/N-ethyl adjacent to an activating group) is 1. The monoisotopic (exact) mass is 365 g/mol. The topological polar surface area (TPSA) is 51.9 Å². The fourth-order valence-electron chi connectivity index (χ4n) is 2.27. The molecule has 7 heteroatoms. The normalized spacial score (nSPS) is 11.2. The van der Waals surface area contributed by atoms with Gasteiger partial charge in [0.2, 0.25) is 5.91 Å². The summed E-state index contributed by atoms with van der Waals surface area (Å²) in [6, 6.07) is 8.15. The summed E-state index contributed by atoms with van der Waals surface area (Å²) in [4.78, 5) is 13.7. The lowest BCUT2D eigenvalue weighted by Gasteiger charge is -2.13. The third kappa shape index (κ3) is 5.61. The molecule has 0 atom stereocenters. The highest BCUT2D eigenvalue weighted by Gasteiger charge is 2.12. The molecule has 0 aliphatic rings. The Labute approximate surface area is 150 Å². The van der Waals surface area contributed by atoms with Gasteiger partial charge in [-0.25, -0.2) is 0 Å². The average molecular weight is 365 g/mol. The van der Waals surface area contributed by atoms with E-state index in [2.05, 4.69) is 4.74 Å². The van der Waals surface area contributed by atoms with Crippen molar-refractivity contribution >= 4 is 12.0 Å². The number of carbonyl (C=O) groups is 1. The van der Waals surface area contributed by atoms with Crippen molar-refractivity contribution in [3.8, 4) is 11.5 Å². The number of aryl methyl sites for hydroxylation is 1. The molecule has 0 aliphatic heterocycles. The minimum absolute atomic E-state index is 0.0457. The van der Waals surface area contributed by atoms with E-state index >= 15 is 0 Å². The molecule has 26 heavy (non-hydrogen) atoms. The van der Waals surface area contributed by atoms with Gasteiger partial charge in [-0.1, -0.05) is 6.07 Å². The molecule has 0 fully saturated rings. The molecule has 0 bridgehead atoms. The van der Waals surface area contributed by atoms with Crippen LogP contribution < -0.4 is 9.47 Å². The zero-order valence-electron chi connectivity index (χ0n) is 14.9. The second-order valence-electron chi connectivity index (χ2n) is 5.56. The number of alkyl halides is 2. The van der Waals surface area contributed by atoms with Gasteiger partial charge in [0, 0.05) is 13.1 Å². The van der Waals surface area contributed by atoms with Crippen molar-refractivity contribution in [1.29, 1.82) is 0 Å². The van der Waals surface area contributed by atoms with Gasteiger partial charge >= 0.3 is 6.61 Å². The second-order valence-corrected chi connectivity index (χ2v) is 5.56.